The maximum absolute atomic E-state index is 11.5. The van der Waals surface area contributed by atoms with Gasteiger partial charge in [-0.25, -0.2) is 0 Å². The number of esters is 1. The third-order valence-corrected chi connectivity index (χ3v) is 3.58. The van der Waals surface area contributed by atoms with Crippen LogP contribution in [0.2, 0.25) is 0 Å². The third kappa shape index (κ3) is 4.03. The van der Waals surface area contributed by atoms with Crippen LogP contribution in [0.1, 0.15) is 25.7 Å². The lowest BCUT2D eigenvalue weighted by molar-refractivity contribution is -0.148. The van der Waals surface area contributed by atoms with Gasteiger partial charge in [0.15, 0.2) is 0 Å². The van der Waals surface area contributed by atoms with Crippen LogP contribution in [0.3, 0.4) is 0 Å². The average molecular weight is 231 g/mol. The SMILES string of the molecule is COC(=O)C1CCCCN1CCCSC. The van der Waals surface area contributed by atoms with Gasteiger partial charge in [-0.1, -0.05) is 6.42 Å². The molecule has 1 unspecified atom stereocenters. The molecular weight excluding hydrogens is 210 g/mol. The van der Waals surface area contributed by atoms with Gasteiger partial charge in [-0.3, -0.25) is 9.69 Å². The lowest BCUT2D eigenvalue weighted by atomic mass is 10.0. The smallest absolute Gasteiger partial charge is 0.323 e. The van der Waals surface area contributed by atoms with Crippen LogP contribution < -0.4 is 0 Å². The Hall–Kier alpha value is -0.220. The van der Waals surface area contributed by atoms with Gasteiger partial charge in [0.2, 0.25) is 0 Å². The summed E-state index contributed by atoms with van der Waals surface area (Å²) >= 11 is 1.86. The summed E-state index contributed by atoms with van der Waals surface area (Å²) in [4.78, 5) is 13.8. The Morgan fingerprint density at radius 3 is 3.00 bits per heavy atom. The van der Waals surface area contributed by atoms with Crippen LogP contribution in [0.4, 0.5) is 0 Å². The van der Waals surface area contributed by atoms with Crippen molar-refractivity contribution in [1.82, 2.24) is 4.90 Å². The summed E-state index contributed by atoms with van der Waals surface area (Å²) in [7, 11) is 1.48. The highest BCUT2D eigenvalue weighted by Crippen LogP contribution is 2.18. The maximum Gasteiger partial charge on any atom is 0.323 e. The number of rotatable bonds is 5. The quantitative estimate of drug-likeness (QED) is 0.533. The van der Waals surface area contributed by atoms with E-state index in [2.05, 4.69) is 11.2 Å². The first kappa shape index (κ1) is 12.8. The highest BCUT2D eigenvalue weighted by Gasteiger charge is 2.28. The van der Waals surface area contributed by atoms with Gasteiger partial charge in [-0.15, -0.1) is 0 Å². The molecule has 1 atom stereocenters. The van der Waals surface area contributed by atoms with Gasteiger partial charge < -0.3 is 4.74 Å². The van der Waals surface area contributed by atoms with E-state index in [9.17, 15) is 4.79 Å². The second-order valence-electron chi connectivity index (χ2n) is 3.92. The highest BCUT2D eigenvalue weighted by atomic mass is 32.2. The highest BCUT2D eigenvalue weighted by molar-refractivity contribution is 7.98. The van der Waals surface area contributed by atoms with E-state index in [4.69, 9.17) is 4.74 Å². The fraction of sp³-hybridized carbons (Fsp3) is 0.909. The Morgan fingerprint density at radius 1 is 1.53 bits per heavy atom. The number of methoxy groups -OCH3 is 1. The predicted molar refractivity (Wildman–Crippen MR) is 64.2 cm³/mol. The number of carbonyl (C=O) groups excluding carboxylic acids is 1. The number of hydrogen-bond donors (Lipinski definition) is 0. The van der Waals surface area contributed by atoms with Crippen molar-refractivity contribution in [2.75, 3.05) is 32.2 Å². The lowest BCUT2D eigenvalue weighted by Gasteiger charge is -2.33. The lowest BCUT2D eigenvalue weighted by Crippen LogP contribution is -2.45. The molecule has 1 rings (SSSR count). The van der Waals surface area contributed by atoms with E-state index in [1.165, 1.54) is 19.3 Å². The number of piperidine rings is 1. The summed E-state index contributed by atoms with van der Waals surface area (Å²) in [6, 6.07) is 0.0191. The first-order chi connectivity index (χ1) is 7.29. The Balaban J connectivity index is 2.39. The molecule has 3 nitrogen and oxygen atoms in total. The molecule has 0 N–H and O–H groups in total. The average Bonchev–Trinajstić information content (AvgIpc) is 2.29. The number of thioether (sulfide) groups is 1. The minimum Gasteiger partial charge on any atom is -0.468 e. The molecule has 0 bridgehead atoms. The van der Waals surface area contributed by atoms with Crippen LogP contribution in [-0.4, -0.2) is 49.1 Å². The molecule has 1 fully saturated rings. The molecule has 0 aromatic heterocycles. The molecule has 0 aliphatic carbocycles. The zero-order valence-corrected chi connectivity index (χ0v) is 10.5. The summed E-state index contributed by atoms with van der Waals surface area (Å²) in [6.07, 6.45) is 6.61. The van der Waals surface area contributed by atoms with Crippen molar-refractivity contribution in [2.24, 2.45) is 0 Å². The summed E-state index contributed by atoms with van der Waals surface area (Å²) < 4.78 is 4.84. The fourth-order valence-electron chi connectivity index (χ4n) is 2.07. The van der Waals surface area contributed by atoms with Crippen molar-refractivity contribution in [2.45, 2.75) is 31.7 Å². The number of ether oxygens (including phenoxy) is 1. The minimum atomic E-state index is -0.0566. The summed E-state index contributed by atoms with van der Waals surface area (Å²) in [5.74, 6) is 1.11. The number of nitrogens with zero attached hydrogens (tertiary/aromatic N) is 1. The Morgan fingerprint density at radius 2 is 2.33 bits per heavy atom. The molecule has 1 aliphatic heterocycles. The molecule has 0 amide bonds. The van der Waals surface area contributed by atoms with Crippen molar-refractivity contribution in [1.29, 1.82) is 0 Å². The zero-order valence-electron chi connectivity index (χ0n) is 9.70. The monoisotopic (exact) mass is 231 g/mol. The second-order valence-corrected chi connectivity index (χ2v) is 4.90. The largest absolute Gasteiger partial charge is 0.468 e. The van der Waals surface area contributed by atoms with Crippen molar-refractivity contribution < 1.29 is 9.53 Å². The van der Waals surface area contributed by atoms with Crippen molar-refractivity contribution >= 4 is 17.7 Å². The van der Waals surface area contributed by atoms with Gasteiger partial charge in [-0.2, -0.15) is 11.8 Å². The molecule has 0 spiro atoms. The van der Waals surface area contributed by atoms with Crippen LogP contribution in [0, 0.1) is 0 Å². The van der Waals surface area contributed by atoms with Gasteiger partial charge in [0.1, 0.15) is 6.04 Å². The van der Waals surface area contributed by atoms with Gasteiger partial charge in [-0.05, 0) is 44.4 Å². The van der Waals surface area contributed by atoms with Gasteiger partial charge >= 0.3 is 5.97 Å². The molecular formula is C11H21NO2S. The number of hydrogen-bond acceptors (Lipinski definition) is 4. The molecule has 1 aliphatic rings. The van der Waals surface area contributed by atoms with Crippen molar-refractivity contribution in [3.8, 4) is 0 Å². The van der Waals surface area contributed by atoms with Gasteiger partial charge in [0.05, 0.1) is 7.11 Å². The van der Waals surface area contributed by atoms with Gasteiger partial charge in [0.25, 0.3) is 0 Å². The normalized spacial score (nSPS) is 22.7. The fourth-order valence-corrected chi connectivity index (χ4v) is 2.49. The van der Waals surface area contributed by atoms with E-state index in [0.29, 0.717) is 0 Å². The molecule has 0 saturated carbocycles. The number of carbonyl (C=O) groups is 1. The summed E-state index contributed by atoms with van der Waals surface area (Å²) in [5, 5.41) is 0. The van der Waals surface area contributed by atoms with Crippen molar-refractivity contribution in [3.05, 3.63) is 0 Å². The zero-order chi connectivity index (χ0) is 11.1. The molecule has 4 heteroatoms. The van der Waals surface area contributed by atoms with E-state index in [1.807, 2.05) is 11.8 Å². The van der Waals surface area contributed by atoms with Gasteiger partial charge in [0, 0.05) is 0 Å². The molecule has 88 valence electrons. The molecule has 0 radical (unpaired) electrons. The minimum absolute atomic E-state index is 0.0191. The molecule has 0 aromatic rings. The Bertz CT molecular complexity index is 199. The third-order valence-electron chi connectivity index (χ3n) is 2.88. The molecule has 0 aromatic carbocycles. The molecule has 1 heterocycles. The number of likely N-dealkylation sites (tertiary alicyclic amines) is 1. The van der Waals surface area contributed by atoms with E-state index in [-0.39, 0.29) is 12.0 Å². The van der Waals surface area contributed by atoms with Crippen LogP contribution in [0.25, 0.3) is 0 Å². The Labute approximate surface area is 96.5 Å². The van der Waals surface area contributed by atoms with E-state index >= 15 is 0 Å². The van der Waals surface area contributed by atoms with Crippen LogP contribution in [0.5, 0.6) is 0 Å². The molecule has 15 heavy (non-hydrogen) atoms. The predicted octanol–water partition coefficient (Wildman–Crippen LogP) is 1.77. The first-order valence-electron chi connectivity index (χ1n) is 5.60. The van der Waals surface area contributed by atoms with Crippen LogP contribution in [0.15, 0.2) is 0 Å². The Kier molecular flexibility index (Phi) is 6.10. The maximum atomic E-state index is 11.5. The molecule has 1 saturated heterocycles. The standard InChI is InChI=1S/C11H21NO2S/c1-14-11(13)10-6-3-4-7-12(10)8-5-9-15-2/h10H,3-9H2,1-2H3. The van der Waals surface area contributed by atoms with Crippen LogP contribution in [-0.2, 0) is 9.53 Å². The van der Waals surface area contributed by atoms with E-state index < -0.39 is 0 Å². The first-order valence-corrected chi connectivity index (χ1v) is 6.99. The van der Waals surface area contributed by atoms with E-state index in [1.54, 1.807) is 0 Å². The summed E-state index contributed by atoms with van der Waals surface area (Å²) in [5.41, 5.74) is 0. The topological polar surface area (TPSA) is 29.5 Å². The second kappa shape index (κ2) is 7.12. The van der Waals surface area contributed by atoms with Crippen molar-refractivity contribution in [3.63, 3.8) is 0 Å². The summed E-state index contributed by atoms with van der Waals surface area (Å²) in [6.45, 7) is 2.08. The van der Waals surface area contributed by atoms with E-state index in [0.717, 1.165) is 32.4 Å². The van der Waals surface area contributed by atoms with Crippen LogP contribution >= 0.6 is 11.8 Å².